The van der Waals surface area contributed by atoms with Crippen molar-refractivity contribution in [1.29, 1.82) is 0 Å². The molecule has 0 radical (unpaired) electrons. The van der Waals surface area contributed by atoms with Crippen LogP contribution in [0.4, 0.5) is 13.2 Å². The molecular formula is C16H25F3N4O3S2. The number of aliphatic carboxylic acids is 1. The Morgan fingerprint density at radius 1 is 1.21 bits per heavy atom. The summed E-state index contributed by atoms with van der Waals surface area (Å²) < 4.78 is 33.7. The van der Waals surface area contributed by atoms with Crippen LogP contribution in [0.2, 0.25) is 0 Å². The summed E-state index contributed by atoms with van der Waals surface area (Å²) in [4.78, 5) is 11.6. The number of nitrogens with zero attached hydrogens (tertiary/aromatic N) is 4. The quantitative estimate of drug-likeness (QED) is 0.738. The van der Waals surface area contributed by atoms with Gasteiger partial charge in [-0.15, -0.1) is 5.10 Å². The molecule has 2 aliphatic heterocycles. The molecular weight excluding hydrogens is 417 g/mol. The SMILES string of the molecule is CC(O)c1cn(C2CCN(C3CSCCSC3)CC2)nn1.O=C(O)C(F)(F)F. The number of aliphatic hydroxyl groups excluding tert-OH is 1. The van der Waals surface area contributed by atoms with Crippen LogP contribution in [-0.4, -0.2) is 84.4 Å². The molecule has 7 nitrogen and oxygen atoms in total. The second kappa shape index (κ2) is 10.7. The number of rotatable bonds is 3. The maximum atomic E-state index is 10.6. The number of likely N-dealkylation sites (tertiary alicyclic amines) is 1. The van der Waals surface area contributed by atoms with Gasteiger partial charge in [-0.2, -0.15) is 36.7 Å². The van der Waals surface area contributed by atoms with Crippen molar-refractivity contribution in [1.82, 2.24) is 19.9 Å². The molecule has 0 spiro atoms. The van der Waals surface area contributed by atoms with Crippen LogP contribution in [0.25, 0.3) is 0 Å². The van der Waals surface area contributed by atoms with Crippen LogP contribution in [-0.2, 0) is 4.79 Å². The Bertz CT molecular complexity index is 615. The Labute approximate surface area is 170 Å². The molecule has 1 unspecified atom stereocenters. The third-order valence-corrected chi connectivity index (χ3v) is 7.07. The number of aromatic nitrogens is 3. The van der Waals surface area contributed by atoms with E-state index in [2.05, 4.69) is 38.7 Å². The van der Waals surface area contributed by atoms with Crippen LogP contribution >= 0.6 is 23.5 Å². The lowest BCUT2D eigenvalue weighted by molar-refractivity contribution is -0.192. The second-order valence-corrected chi connectivity index (χ2v) is 8.97. The third-order valence-electron chi connectivity index (χ3n) is 4.58. The zero-order valence-electron chi connectivity index (χ0n) is 15.5. The molecule has 1 aromatic heterocycles. The molecule has 2 aliphatic rings. The smallest absolute Gasteiger partial charge is 0.475 e. The van der Waals surface area contributed by atoms with E-state index in [1.807, 2.05) is 10.9 Å². The van der Waals surface area contributed by atoms with Crippen molar-refractivity contribution in [2.75, 3.05) is 36.1 Å². The highest BCUT2D eigenvalue weighted by Crippen LogP contribution is 2.27. The van der Waals surface area contributed by atoms with Gasteiger partial charge in [-0.3, -0.25) is 4.90 Å². The molecule has 2 N–H and O–H groups in total. The minimum absolute atomic E-state index is 0.437. The first-order chi connectivity index (χ1) is 13.2. The van der Waals surface area contributed by atoms with Crippen LogP contribution in [0.15, 0.2) is 6.20 Å². The van der Waals surface area contributed by atoms with Crippen LogP contribution in [0, 0.1) is 0 Å². The molecule has 2 fully saturated rings. The van der Waals surface area contributed by atoms with E-state index in [0.29, 0.717) is 11.7 Å². The first kappa shape index (κ1) is 23.3. The number of hydrogen-bond acceptors (Lipinski definition) is 7. The Balaban J connectivity index is 0.000000345. The van der Waals surface area contributed by atoms with Gasteiger partial charge in [-0.1, -0.05) is 5.21 Å². The number of carboxylic acid groups (broad SMARTS) is 1. The molecule has 3 heterocycles. The molecule has 0 aromatic carbocycles. The van der Waals surface area contributed by atoms with E-state index in [1.165, 1.54) is 23.0 Å². The second-order valence-electron chi connectivity index (χ2n) is 6.67. The summed E-state index contributed by atoms with van der Waals surface area (Å²) in [6, 6.07) is 1.18. The van der Waals surface area contributed by atoms with E-state index < -0.39 is 18.2 Å². The molecule has 0 bridgehead atoms. The normalized spacial score (nSPS) is 21.5. The van der Waals surface area contributed by atoms with Crippen molar-refractivity contribution < 1.29 is 28.2 Å². The lowest BCUT2D eigenvalue weighted by Crippen LogP contribution is -2.44. The van der Waals surface area contributed by atoms with Crippen LogP contribution in [0.1, 0.15) is 37.6 Å². The number of carbonyl (C=O) groups is 1. The van der Waals surface area contributed by atoms with Crippen molar-refractivity contribution in [3.05, 3.63) is 11.9 Å². The van der Waals surface area contributed by atoms with Gasteiger partial charge >= 0.3 is 12.1 Å². The van der Waals surface area contributed by atoms with Crippen molar-refractivity contribution in [3.8, 4) is 0 Å². The molecule has 1 aromatic rings. The number of piperidine rings is 1. The van der Waals surface area contributed by atoms with Crippen molar-refractivity contribution in [2.45, 2.75) is 44.1 Å². The largest absolute Gasteiger partial charge is 0.490 e. The Morgan fingerprint density at radius 3 is 2.18 bits per heavy atom. The van der Waals surface area contributed by atoms with Gasteiger partial charge in [0.05, 0.1) is 18.3 Å². The molecule has 28 heavy (non-hydrogen) atoms. The van der Waals surface area contributed by atoms with Crippen LogP contribution in [0.3, 0.4) is 0 Å². The van der Waals surface area contributed by atoms with Gasteiger partial charge in [-0.05, 0) is 19.8 Å². The maximum Gasteiger partial charge on any atom is 0.490 e. The molecule has 2 saturated heterocycles. The minimum Gasteiger partial charge on any atom is -0.475 e. The number of halogens is 3. The molecule has 160 valence electrons. The highest BCUT2D eigenvalue weighted by Gasteiger charge is 2.38. The predicted molar refractivity (Wildman–Crippen MR) is 103 cm³/mol. The van der Waals surface area contributed by atoms with E-state index in [0.717, 1.165) is 32.0 Å². The summed E-state index contributed by atoms with van der Waals surface area (Å²) in [5, 5.41) is 24.9. The first-order valence-corrected chi connectivity index (χ1v) is 11.3. The van der Waals surface area contributed by atoms with E-state index in [4.69, 9.17) is 9.90 Å². The van der Waals surface area contributed by atoms with Gasteiger partial charge in [0.1, 0.15) is 5.69 Å². The van der Waals surface area contributed by atoms with E-state index in [9.17, 15) is 18.3 Å². The Hall–Kier alpha value is -0.980. The van der Waals surface area contributed by atoms with E-state index in [1.54, 1.807) is 6.92 Å². The van der Waals surface area contributed by atoms with E-state index >= 15 is 0 Å². The third kappa shape index (κ3) is 7.12. The number of aliphatic hydroxyl groups is 1. The zero-order valence-corrected chi connectivity index (χ0v) is 17.1. The van der Waals surface area contributed by atoms with E-state index in [-0.39, 0.29) is 0 Å². The Kier molecular flexibility index (Phi) is 8.90. The van der Waals surface area contributed by atoms with Gasteiger partial charge in [-0.25, -0.2) is 9.48 Å². The summed E-state index contributed by atoms with van der Waals surface area (Å²) in [6.07, 6.45) is -1.44. The van der Waals surface area contributed by atoms with Gasteiger partial charge in [0.25, 0.3) is 0 Å². The number of hydrogen-bond donors (Lipinski definition) is 2. The summed E-state index contributed by atoms with van der Waals surface area (Å²) in [6.45, 7) is 4.04. The number of thioether (sulfide) groups is 2. The molecule has 12 heteroatoms. The fourth-order valence-corrected chi connectivity index (χ4v) is 5.62. The molecule has 0 aliphatic carbocycles. The van der Waals surface area contributed by atoms with Gasteiger partial charge in [0.2, 0.25) is 0 Å². The molecule has 3 rings (SSSR count). The van der Waals surface area contributed by atoms with Gasteiger partial charge in [0, 0.05) is 42.1 Å². The zero-order chi connectivity index (χ0) is 20.7. The van der Waals surface area contributed by atoms with Crippen molar-refractivity contribution >= 4 is 29.5 Å². The highest BCUT2D eigenvalue weighted by molar-refractivity contribution is 8.03. The standard InChI is InChI=1S/C14H24N4OS2.C2HF3O2/c1-11(19)14-8-18(16-15-14)12-2-4-17(5-3-12)13-9-20-6-7-21-10-13;3-2(4,5)1(6)7/h8,11-13,19H,2-7,9-10H2,1H3;(H,6,7). The highest BCUT2D eigenvalue weighted by atomic mass is 32.2. The average Bonchev–Trinajstić information content (AvgIpc) is 2.98. The molecule has 1 atom stereocenters. The fourth-order valence-electron chi connectivity index (χ4n) is 2.99. The summed E-state index contributed by atoms with van der Waals surface area (Å²) >= 11 is 4.21. The average molecular weight is 443 g/mol. The maximum absolute atomic E-state index is 10.6. The fraction of sp³-hybridized carbons (Fsp3) is 0.812. The number of alkyl halides is 3. The van der Waals surface area contributed by atoms with Crippen molar-refractivity contribution in [3.63, 3.8) is 0 Å². The minimum atomic E-state index is -5.08. The molecule has 0 amide bonds. The van der Waals surface area contributed by atoms with Crippen LogP contribution in [0.5, 0.6) is 0 Å². The van der Waals surface area contributed by atoms with Crippen LogP contribution < -0.4 is 0 Å². The molecule has 0 saturated carbocycles. The lowest BCUT2D eigenvalue weighted by Gasteiger charge is -2.36. The monoisotopic (exact) mass is 442 g/mol. The summed E-state index contributed by atoms with van der Waals surface area (Å²) in [5.74, 6) is 2.42. The number of carboxylic acids is 1. The lowest BCUT2D eigenvalue weighted by atomic mass is 10.0. The topological polar surface area (TPSA) is 91.5 Å². The van der Waals surface area contributed by atoms with Gasteiger partial charge in [0.15, 0.2) is 0 Å². The summed E-state index contributed by atoms with van der Waals surface area (Å²) in [7, 11) is 0. The predicted octanol–water partition coefficient (Wildman–Crippen LogP) is 2.45. The first-order valence-electron chi connectivity index (χ1n) is 8.98. The summed E-state index contributed by atoms with van der Waals surface area (Å²) in [5.41, 5.74) is 0.675. The van der Waals surface area contributed by atoms with Gasteiger partial charge < -0.3 is 10.2 Å². The van der Waals surface area contributed by atoms with Crippen molar-refractivity contribution in [2.24, 2.45) is 0 Å². The Morgan fingerprint density at radius 2 is 1.75 bits per heavy atom.